The highest BCUT2D eigenvalue weighted by atomic mass is 16.7. The number of hydrogen-bond acceptors (Lipinski definition) is 6. The van der Waals surface area contributed by atoms with Crippen LogP contribution >= 0.6 is 0 Å². The molecule has 0 fully saturated rings. The average molecular weight is 296 g/mol. The molecule has 1 aromatic rings. The number of benzene rings is 1. The van der Waals surface area contributed by atoms with Crippen LogP contribution in [0.1, 0.15) is 38.1 Å². The molecule has 0 spiro atoms. The van der Waals surface area contributed by atoms with Gasteiger partial charge in [-0.05, 0) is 33.8 Å². The number of ether oxygens (including phenoxy) is 1. The molecular weight excluding hydrogens is 280 g/mol. The van der Waals surface area contributed by atoms with Gasteiger partial charge in [0.2, 0.25) is 0 Å². The quantitative estimate of drug-likeness (QED) is 0.520. The molecule has 1 amide bonds. The number of nitrogens with one attached hydrogen (secondary N) is 1. The maximum Gasteiger partial charge on any atom is 0.441 e. The average Bonchev–Trinajstić information content (AvgIpc) is 2.33. The van der Waals surface area contributed by atoms with Crippen molar-refractivity contribution in [3.63, 3.8) is 0 Å². The molecule has 0 bridgehead atoms. The summed E-state index contributed by atoms with van der Waals surface area (Å²) in [6.45, 7) is 6.28. The number of amides is 1. The number of hydroxylamine groups is 1. The van der Waals surface area contributed by atoms with Crippen molar-refractivity contribution in [1.82, 2.24) is 5.48 Å². The minimum Gasteiger partial charge on any atom is -0.442 e. The van der Waals surface area contributed by atoms with Gasteiger partial charge in [-0.15, -0.1) is 0 Å². The zero-order valence-electron chi connectivity index (χ0n) is 12.1. The molecular formula is C13H16N2O6. The molecule has 0 unspecified atom stereocenters. The van der Waals surface area contributed by atoms with Crippen LogP contribution in [0.5, 0.6) is 5.75 Å². The highest BCUT2D eigenvalue weighted by Gasteiger charge is 2.19. The number of carbonyl (C=O) groups is 2. The van der Waals surface area contributed by atoms with Crippen molar-refractivity contribution in [3.8, 4) is 5.75 Å². The van der Waals surface area contributed by atoms with Gasteiger partial charge in [-0.1, -0.05) is 0 Å². The molecule has 0 aliphatic carbocycles. The minimum atomic E-state index is -0.838. The Morgan fingerprint density at radius 2 is 1.90 bits per heavy atom. The molecule has 0 aromatic heterocycles. The third kappa shape index (κ3) is 5.09. The second kappa shape index (κ2) is 6.21. The number of nitro benzene ring substituents is 1. The summed E-state index contributed by atoms with van der Waals surface area (Å²) in [4.78, 5) is 37.9. The lowest BCUT2D eigenvalue weighted by Gasteiger charge is -2.19. The molecule has 0 aliphatic heterocycles. The van der Waals surface area contributed by atoms with Gasteiger partial charge in [-0.3, -0.25) is 14.9 Å². The van der Waals surface area contributed by atoms with Crippen LogP contribution in [0.2, 0.25) is 0 Å². The van der Waals surface area contributed by atoms with E-state index in [1.165, 1.54) is 19.1 Å². The Morgan fingerprint density at radius 3 is 2.38 bits per heavy atom. The van der Waals surface area contributed by atoms with E-state index < -0.39 is 22.4 Å². The molecule has 114 valence electrons. The fraction of sp³-hybridized carbons (Fsp3) is 0.385. The second-order valence-electron chi connectivity index (χ2n) is 5.20. The Labute approximate surface area is 121 Å². The summed E-state index contributed by atoms with van der Waals surface area (Å²) >= 11 is 0. The lowest BCUT2D eigenvalue weighted by atomic mass is 10.1. The van der Waals surface area contributed by atoms with Gasteiger partial charge < -0.3 is 9.57 Å². The molecule has 1 aromatic carbocycles. The molecule has 8 nitrogen and oxygen atoms in total. The highest BCUT2D eigenvalue weighted by molar-refractivity contribution is 5.97. The van der Waals surface area contributed by atoms with Gasteiger partial charge in [0.1, 0.15) is 5.60 Å². The molecule has 1 rings (SSSR count). The molecule has 0 atom stereocenters. The summed E-state index contributed by atoms with van der Waals surface area (Å²) < 4.78 is 4.95. The number of rotatable bonds is 4. The van der Waals surface area contributed by atoms with Crippen LogP contribution in [-0.4, -0.2) is 22.4 Å². The third-order valence-corrected chi connectivity index (χ3v) is 2.20. The van der Waals surface area contributed by atoms with Gasteiger partial charge in [0.05, 0.1) is 10.5 Å². The Kier molecular flexibility index (Phi) is 4.85. The first-order valence-corrected chi connectivity index (χ1v) is 6.05. The van der Waals surface area contributed by atoms with Crippen LogP contribution in [0, 0.1) is 10.1 Å². The minimum absolute atomic E-state index is 0.000964. The molecule has 1 N–H and O–H groups in total. The first kappa shape index (κ1) is 16.4. The normalized spacial score (nSPS) is 10.7. The van der Waals surface area contributed by atoms with Crippen molar-refractivity contribution in [2.24, 2.45) is 0 Å². The summed E-state index contributed by atoms with van der Waals surface area (Å²) in [5, 5.41) is 10.7. The van der Waals surface area contributed by atoms with Gasteiger partial charge in [-0.25, -0.2) is 4.79 Å². The van der Waals surface area contributed by atoms with Gasteiger partial charge in [0.25, 0.3) is 5.69 Å². The number of hydrogen-bond donors (Lipinski definition) is 1. The van der Waals surface area contributed by atoms with Crippen molar-refractivity contribution in [1.29, 1.82) is 0 Å². The van der Waals surface area contributed by atoms with E-state index >= 15 is 0 Å². The van der Waals surface area contributed by atoms with Gasteiger partial charge >= 0.3 is 6.09 Å². The number of ketones is 1. The van der Waals surface area contributed by atoms with Crippen molar-refractivity contribution in [3.05, 3.63) is 33.9 Å². The molecule has 8 heteroatoms. The third-order valence-electron chi connectivity index (χ3n) is 2.20. The number of Topliss-reactive ketones (excluding diaryl/α,β-unsaturated/α-hetero) is 1. The van der Waals surface area contributed by atoms with E-state index in [2.05, 4.69) is 0 Å². The number of non-ortho nitro benzene ring substituents is 1. The maximum atomic E-state index is 11.5. The molecule has 0 radical (unpaired) electrons. The van der Waals surface area contributed by atoms with Crippen LogP contribution in [0.25, 0.3) is 0 Å². The topological polar surface area (TPSA) is 108 Å². The van der Waals surface area contributed by atoms with E-state index in [1.54, 1.807) is 20.8 Å². The largest absolute Gasteiger partial charge is 0.442 e. The van der Waals surface area contributed by atoms with Crippen molar-refractivity contribution >= 4 is 17.6 Å². The van der Waals surface area contributed by atoms with Crippen LogP contribution in [-0.2, 0) is 4.74 Å². The van der Waals surface area contributed by atoms with Gasteiger partial charge in [0.15, 0.2) is 11.5 Å². The van der Waals surface area contributed by atoms with Crippen molar-refractivity contribution in [2.45, 2.75) is 33.3 Å². The van der Waals surface area contributed by atoms with E-state index in [-0.39, 0.29) is 17.0 Å². The SMILES string of the molecule is CC(=O)c1cc([N+](=O)[O-])ccc1ONC(=O)OC(C)(C)C. The number of nitrogens with zero attached hydrogens (tertiary/aromatic N) is 1. The van der Waals surface area contributed by atoms with Crippen LogP contribution in [0.4, 0.5) is 10.5 Å². The smallest absolute Gasteiger partial charge is 0.441 e. The molecule has 0 saturated carbocycles. The first-order valence-electron chi connectivity index (χ1n) is 6.05. The van der Waals surface area contributed by atoms with E-state index in [1.807, 2.05) is 5.48 Å². The number of nitro groups is 1. The predicted octanol–water partition coefficient (Wildman–Crippen LogP) is 2.62. The fourth-order valence-electron chi connectivity index (χ4n) is 1.39. The van der Waals surface area contributed by atoms with Gasteiger partial charge in [-0.2, -0.15) is 5.48 Å². The van der Waals surface area contributed by atoms with E-state index in [0.717, 1.165) is 6.07 Å². The fourth-order valence-corrected chi connectivity index (χ4v) is 1.39. The Balaban J connectivity index is 2.86. The second-order valence-corrected chi connectivity index (χ2v) is 5.20. The van der Waals surface area contributed by atoms with Gasteiger partial charge in [0, 0.05) is 12.1 Å². The first-order chi connectivity index (χ1) is 9.60. The summed E-state index contributed by atoms with van der Waals surface area (Å²) in [6, 6.07) is 3.47. The van der Waals surface area contributed by atoms with E-state index in [0.29, 0.717) is 0 Å². The lowest BCUT2D eigenvalue weighted by Crippen LogP contribution is -2.34. The van der Waals surface area contributed by atoms with Crippen molar-refractivity contribution < 1.29 is 24.1 Å². The highest BCUT2D eigenvalue weighted by Crippen LogP contribution is 2.24. The summed E-state index contributed by atoms with van der Waals surface area (Å²) in [5.41, 5.74) is 1.05. The molecule has 0 heterocycles. The molecule has 0 saturated heterocycles. The monoisotopic (exact) mass is 296 g/mol. The van der Waals surface area contributed by atoms with Crippen LogP contribution < -0.4 is 10.3 Å². The Hall–Kier alpha value is -2.64. The zero-order valence-corrected chi connectivity index (χ0v) is 12.1. The van der Waals surface area contributed by atoms with Crippen LogP contribution in [0.3, 0.4) is 0 Å². The lowest BCUT2D eigenvalue weighted by molar-refractivity contribution is -0.384. The Bertz CT molecular complexity index is 577. The maximum absolute atomic E-state index is 11.5. The van der Waals surface area contributed by atoms with Crippen molar-refractivity contribution in [2.75, 3.05) is 0 Å². The standard InChI is InChI=1S/C13H16N2O6/c1-8(16)10-7-9(15(18)19)5-6-11(10)21-14-12(17)20-13(2,3)4/h5-7H,1-4H3,(H,14,17). The summed E-state index contributed by atoms with van der Waals surface area (Å²) in [7, 11) is 0. The summed E-state index contributed by atoms with van der Waals surface area (Å²) in [6.07, 6.45) is -0.838. The van der Waals surface area contributed by atoms with E-state index in [4.69, 9.17) is 9.57 Å². The number of carbonyl (C=O) groups excluding carboxylic acids is 2. The molecule has 21 heavy (non-hydrogen) atoms. The Morgan fingerprint density at radius 1 is 1.29 bits per heavy atom. The summed E-state index contributed by atoms with van der Waals surface area (Å²) in [5.74, 6) is -0.432. The molecule has 0 aliphatic rings. The van der Waals surface area contributed by atoms with Crippen LogP contribution in [0.15, 0.2) is 18.2 Å². The van der Waals surface area contributed by atoms with E-state index in [9.17, 15) is 19.7 Å². The predicted molar refractivity (Wildman–Crippen MR) is 73.1 cm³/mol. The zero-order chi connectivity index (χ0) is 16.2.